The maximum atomic E-state index is 11.3. The molecule has 1 atom stereocenters. The molecule has 0 amide bonds. The maximum absolute atomic E-state index is 11.3. The molecule has 2 saturated heterocycles. The molecule has 2 fully saturated rings. The first-order valence-electron chi connectivity index (χ1n) is 6.62. The molecule has 16 heavy (non-hydrogen) atoms. The summed E-state index contributed by atoms with van der Waals surface area (Å²) in [6.07, 6.45) is 4.80. The van der Waals surface area contributed by atoms with Gasteiger partial charge < -0.3 is 5.32 Å². The monoisotopic (exact) mass is 244 g/mol. The smallest absolute Gasteiger partial charge is 0.0249 e. The van der Waals surface area contributed by atoms with Crippen LogP contribution in [0.3, 0.4) is 0 Å². The van der Waals surface area contributed by atoms with E-state index >= 15 is 0 Å². The van der Waals surface area contributed by atoms with Crippen molar-refractivity contribution in [1.82, 2.24) is 10.2 Å². The summed E-state index contributed by atoms with van der Waals surface area (Å²) in [4.78, 5) is 2.62. The summed E-state index contributed by atoms with van der Waals surface area (Å²) in [6.45, 7) is 5.78. The van der Waals surface area contributed by atoms with Crippen molar-refractivity contribution in [3.8, 4) is 0 Å². The van der Waals surface area contributed by atoms with Crippen molar-refractivity contribution in [3.63, 3.8) is 0 Å². The van der Waals surface area contributed by atoms with Crippen LogP contribution in [0.1, 0.15) is 32.6 Å². The van der Waals surface area contributed by atoms with Gasteiger partial charge in [-0.05, 0) is 32.2 Å². The van der Waals surface area contributed by atoms with Gasteiger partial charge in [-0.15, -0.1) is 0 Å². The van der Waals surface area contributed by atoms with Gasteiger partial charge in [-0.3, -0.25) is 9.11 Å². The SMILES string of the molecule is CCC1CCN(C2CCS(=O)CC2)CCN1. The van der Waals surface area contributed by atoms with Crippen LogP contribution in [0.25, 0.3) is 0 Å². The first-order valence-corrected chi connectivity index (χ1v) is 8.11. The molecule has 0 aromatic rings. The lowest BCUT2D eigenvalue weighted by Gasteiger charge is -2.32. The van der Waals surface area contributed by atoms with Crippen LogP contribution in [0.5, 0.6) is 0 Å². The van der Waals surface area contributed by atoms with E-state index in [4.69, 9.17) is 0 Å². The second-order valence-electron chi connectivity index (χ2n) is 4.96. The first kappa shape index (κ1) is 12.5. The standard InChI is InChI=1S/C12H24N2OS/c1-2-11-3-7-14(8-6-13-11)12-4-9-16(15)10-5-12/h11-13H,2-10H2,1H3. The minimum atomic E-state index is -0.521. The minimum absolute atomic E-state index is 0.521. The molecule has 2 aliphatic heterocycles. The van der Waals surface area contributed by atoms with Crippen molar-refractivity contribution in [2.45, 2.75) is 44.7 Å². The summed E-state index contributed by atoms with van der Waals surface area (Å²) in [5, 5.41) is 3.61. The van der Waals surface area contributed by atoms with E-state index in [1.54, 1.807) is 0 Å². The lowest BCUT2D eigenvalue weighted by molar-refractivity contribution is 0.195. The zero-order chi connectivity index (χ0) is 11.4. The van der Waals surface area contributed by atoms with Crippen LogP contribution in [0, 0.1) is 0 Å². The van der Waals surface area contributed by atoms with Crippen molar-refractivity contribution in [1.29, 1.82) is 0 Å². The predicted octanol–water partition coefficient (Wildman–Crippen LogP) is 0.971. The zero-order valence-corrected chi connectivity index (χ0v) is 11.1. The first-order chi connectivity index (χ1) is 7.79. The molecule has 1 N–H and O–H groups in total. The normalized spacial score (nSPS) is 38.2. The van der Waals surface area contributed by atoms with Crippen molar-refractivity contribution < 1.29 is 4.21 Å². The summed E-state index contributed by atoms with van der Waals surface area (Å²) < 4.78 is 11.3. The highest BCUT2D eigenvalue weighted by molar-refractivity contribution is 7.85. The van der Waals surface area contributed by atoms with Gasteiger partial charge in [0, 0.05) is 47.5 Å². The molecule has 4 heteroatoms. The van der Waals surface area contributed by atoms with Gasteiger partial charge in [-0.25, -0.2) is 0 Å². The number of hydrogen-bond acceptors (Lipinski definition) is 3. The van der Waals surface area contributed by atoms with Gasteiger partial charge in [-0.2, -0.15) is 0 Å². The van der Waals surface area contributed by atoms with E-state index in [1.807, 2.05) is 0 Å². The van der Waals surface area contributed by atoms with Crippen molar-refractivity contribution >= 4 is 10.8 Å². The molecular formula is C12H24N2OS. The summed E-state index contributed by atoms with van der Waals surface area (Å²) in [6, 6.07) is 1.41. The Hall–Kier alpha value is 0.0700. The Morgan fingerprint density at radius 1 is 1.25 bits per heavy atom. The molecule has 0 radical (unpaired) electrons. The fraction of sp³-hybridized carbons (Fsp3) is 1.00. The van der Waals surface area contributed by atoms with E-state index in [9.17, 15) is 4.21 Å². The third kappa shape index (κ3) is 3.28. The molecule has 2 heterocycles. The number of rotatable bonds is 2. The number of nitrogens with zero attached hydrogens (tertiary/aromatic N) is 1. The Morgan fingerprint density at radius 2 is 2.00 bits per heavy atom. The molecule has 3 nitrogen and oxygen atoms in total. The molecule has 1 unspecified atom stereocenters. The van der Waals surface area contributed by atoms with Gasteiger partial charge in [0.05, 0.1) is 0 Å². The van der Waals surface area contributed by atoms with E-state index in [-0.39, 0.29) is 0 Å². The molecular weight excluding hydrogens is 220 g/mol. The number of nitrogens with one attached hydrogen (secondary N) is 1. The van der Waals surface area contributed by atoms with Crippen molar-refractivity contribution in [3.05, 3.63) is 0 Å². The van der Waals surface area contributed by atoms with E-state index < -0.39 is 10.8 Å². The molecule has 0 aromatic carbocycles. The Labute approximate surface area is 101 Å². The third-order valence-corrected chi connectivity index (χ3v) is 5.35. The minimum Gasteiger partial charge on any atom is -0.313 e. The zero-order valence-electron chi connectivity index (χ0n) is 10.3. The molecule has 2 aliphatic rings. The lowest BCUT2D eigenvalue weighted by Crippen LogP contribution is -2.41. The van der Waals surface area contributed by atoms with Crippen molar-refractivity contribution in [2.24, 2.45) is 0 Å². The van der Waals surface area contributed by atoms with E-state index in [1.165, 1.54) is 25.9 Å². The summed E-state index contributed by atoms with van der Waals surface area (Å²) in [7, 11) is -0.521. The molecule has 0 bridgehead atoms. The fourth-order valence-corrected chi connectivity index (χ4v) is 4.08. The van der Waals surface area contributed by atoms with Gasteiger partial charge in [0.1, 0.15) is 0 Å². The number of hydrogen-bond donors (Lipinski definition) is 1. The van der Waals surface area contributed by atoms with Gasteiger partial charge >= 0.3 is 0 Å². The third-order valence-electron chi connectivity index (χ3n) is 3.96. The van der Waals surface area contributed by atoms with Gasteiger partial charge in [0.15, 0.2) is 0 Å². The van der Waals surface area contributed by atoms with Crippen molar-refractivity contribution in [2.75, 3.05) is 31.1 Å². The van der Waals surface area contributed by atoms with Gasteiger partial charge in [0.25, 0.3) is 0 Å². The fourth-order valence-electron chi connectivity index (χ4n) is 2.81. The van der Waals surface area contributed by atoms with Gasteiger partial charge in [-0.1, -0.05) is 6.92 Å². The Kier molecular flexibility index (Phi) is 4.79. The van der Waals surface area contributed by atoms with E-state index in [0.717, 1.165) is 30.9 Å². The maximum Gasteiger partial charge on any atom is 0.0249 e. The van der Waals surface area contributed by atoms with Crippen LogP contribution in [0.2, 0.25) is 0 Å². The summed E-state index contributed by atoms with van der Waals surface area (Å²) >= 11 is 0. The molecule has 0 saturated carbocycles. The van der Waals surface area contributed by atoms with Crippen LogP contribution >= 0.6 is 0 Å². The highest BCUT2D eigenvalue weighted by Crippen LogP contribution is 2.18. The van der Waals surface area contributed by atoms with Gasteiger partial charge in [0.2, 0.25) is 0 Å². The quantitative estimate of drug-likeness (QED) is 0.786. The predicted molar refractivity (Wildman–Crippen MR) is 69.2 cm³/mol. The Bertz CT molecular complexity index is 237. The second kappa shape index (κ2) is 6.12. The van der Waals surface area contributed by atoms with Crippen LogP contribution in [-0.2, 0) is 10.8 Å². The van der Waals surface area contributed by atoms with Crippen LogP contribution in [-0.4, -0.2) is 52.3 Å². The van der Waals surface area contributed by atoms with Crippen LogP contribution < -0.4 is 5.32 Å². The highest BCUT2D eigenvalue weighted by Gasteiger charge is 2.25. The molecule has 2 rings (SSSR count). The summed E-state index contributed by atoms with van der Waals surface area (Å²) in [5.74, 6) is 1.84. The van der Waals surface area contributed by atoms with Crippen LogP contribution in [0.4, 0.5) is 0 Å². The highest BCUT2D eigenvalue weighted by atomic mass is 32.2. The topological polar surface area (TPSA) is 32.3 Å². The summed E-state index contributed by atoms with van der Waals surface area (Å²) in [5.41, 5.74) is 0. The lowest BCUT2D eigenvalue weighted by atomic mass is 10.1. The van der Waals surface area contributed by atoms with E-state index in [0.29, 0.717) is 12.1 Å². The largest absolute Gasteiger partial charge is 0.313 e. The Balaban J connectivity index is 1.82. The molecule has 0 spiro atoms. The van der Waals surface area contributed by atoms with Crippen LogP contribution in [0.15, 0.2) is 0 Å². The molecule has 0 aromatic heterocycles. The second-order valence-corrected chi connectivity index (χ2v) is 6.66. The Morgan fingerprint density at radius 3 is 2.69 bits per heavy atom. The average molecular weight is 244 g/mol. The van der Waals surface area contributed by atoms with E-state index in [2.05, 4.69) is 17.1 Å². The molecule has 94 valence electrons. The molecule has 0 aliphatic carbocycles. The average Bonchev–Trinajstić information content (AvgIpc) is 2.55.